The topological polar surface area (TPSA) is 117 Å². The molecule has 3 N–H and O–H groups in total. The minimum atomic E-state index is -3.90. The second kappa shape index (κ2) is 5.84. The van der Waals surface area contributed by atoms with Gasteiger partial charge in [-0.3, -0.25) is 0 Å². The molecule has 1 saturated carbocycles. The van der Waals surface area contributed by atoms with Crippen LogP contribution in [0.4, 0.5) is 0 Å². The molecule has 1 aromatic heterocycles. The van der Waals surface area contributed by atoms with Gasteiger partial charge in [0, 0.05) is 18.7 Å². The average molecular weight is 368 g/mol. The van der Waals surface area contributed by atoms with E-state index < -0.39 is 21.8 Å². The average Bonchev–Trinajstić information content (AvgIpc) is 2.95. The highest BCUT2D eigenvalue weighted by Crippen LogP contribution is 2.30. The standard InChI is InChI=1S/C11H14BrNO6S/c12-10-9(4-8(19-10)11(15)16)20(17,18)13-7-3-1-2-6(7)5-14/h4,6-7,13-14H,1-3,5H2,(H,15,16). The first-order chi connectivity index (χ1) is 9.35. The van der Waals surface area contributed by atoms with E-state index in [4.69, 9.17) is 9.52 Å². The van der Waals surface area contributed by atoms with Gasteiger partial charge in [-0.2, -0.15) is 0 Å². The third kappa shape index (κ3) is 3.05. The van der Waals surface area contributed by atoms with Crippen molar-refractivity contribution in [2.45, 2.75) is 30.2 Å². The minimum Gasteiger partial charge on any atom is -0.475 e. The zero-order valence-electron chi connectivity index (χ0n) is 10.4. The van der Waals surface area contributed by atoms with E-state index in [1.165, 1.54) is 0 Å². The van der Waals surface area contributed by atoms with Crippen molar-refractivity contribution >= 4 is 31.9 Å². The van der Waals surface area contributed by atoms with E-state index in [9.17, 15) is 18.3 Å². The lowest BCUT2D eigenvalue weighted by Gasteiger charge is -2.18. The van der Waals surface area contributed by atoms with E-state index in [1.807, 2.05) is 0 Å². The first-order valence-electron chi connectivity index (χ1n) is 6.01. The number of hydrogen-bond donors (Lipinski definition) is 3. The van der Waals surface area contributed by atoms with Gasteiger partial charge in [0.15, 0.2) is 4.67 Å². The molecule has 0 saturated heterocycles. The lowest BCUT2D eigenvalue weighted by Crippen LogP contribution is -2.38. The number of rotatable bonds is 5. The van der Waals surface area contributed by atoms with Gasteiger partial charge in [0.05, 0.1) is 0 Å². The molecule has 0 aromatic carbocycles. The number of aromatic carboxylic acids is 1. The fourth-order valence-corrected chi connectivity index (χ4v) is 4.59. The predicted octanol–water partition coefficient (Wildman–Crippen LogP) is 1.18. The van der Waals surface area contributed by atoms with Crippen LogP contribution in [0.1, 0.15) is 29.8 Å². The number of hydrogen-bond acceptors (Lipinski definition) is 5. The van der Waals surface area contributed by atoms with E-state index in [0.29, 0.717) is 6.42 Å². The normalized spacial score (nSPS) is 23.1. The number of aliphatic hydroxyl groups is 1. The Bertz CT molecular complexity index is 610. The van der Waals surface area contributed by atoms with Gasteiger partial charge in [0.1, 0.15) is 4.90 Å². The van der Waals surface area contributed by atoms with Gasteiger partial charge >= 0.3 is 5.97 Å². The molecule has 2 rings (SSSR count). The SMILES string of the molecule is O=C(O)c1cc(S(=O)(=O)NC2CCCC2CO)c(Br)o1. The van der Waals surface area contributed by atoms with E-state index in [2.05, 4.69) is 20.7 Å². The summed E-state index contributed by atoms with van der Waals surface area (Å²) in [6.45, 7) is -0.0832. The second-order valence-corrected chi connectivity index (χ2v) is 7.06. The molecule has 0 spiro atoms. The van der Waals surface area contributed by atoms with Gasteiger partial charge < -0.3 is 14.6 Å². The van der Waals surface area contributed by atoms with Crippen LogP contribution in [0.25, 0.3) is 0 Å². The Labute approximate surface area is 124 Å². The van der Waals surface area contributed by atoms with E-state index in [-0.39, 0.29) is 28.1 Å². The predicted molar refractivity (Wildman–Crippen MR) is 71.9 cm³/mol. The number of carboxylic acid groups (broad SMARTS) is 1. The van der Waals surface area contributed by atoms with Gasteiger partial charge in [0.25, 0.3) is 0 Å². The van der Waals surface area contributed by atoms with Crippen LogP contribution in [0, 0.1) is 5.92 Å². The summed E-state index contributed by atoms with van der Waals surface area (Å²) in [5.74, 6) is -1.92. The molecule has 1 aromatic rings. The molecular formula is C11H14BrNO6S. The van der Waals surface area contributed by atoms with Crippen LogP contribution in [0.15, 0.2) is 20.0 Å². The number of halogens is 1. The zero-order valence-corrected chi connectivity index (χ0v) is 12.8. The molecule has 112 valence electrons. The molecule has 2 unspecified atom stereocenters. The Morgan fingerprint density at radius 3 is 2.75 bits per heavy atom. The maximum Gasteiger partial charge on any atom is 0.371 e. The van der Waals surface area contributed by atoms with Crippen molar-refractivity contribution in [1.29, 1.82) is 0 Å². The largest absolute Gasteiger partial charge is 0.475 e. The summed E-state index contributed by atoms with van der Waals surface area (Å²) in [7, 11) is -3.90. The summed E-state index contributed by atoms with van der Waals surface area (Å²) >= 11 is 2.90. The molecule has 20 heavy (non-hydrogen) atoms. The summed E-state index contributed by atoms with van der Waals surface area (Å²) in [6, 6.07) is 0.609. The fraction of sp³-hybridized carbons (Fsp3) is 0.545. The summed E-state index contributed by atoms with van der Waals surface area (Å²) in [4.78, 5) is 10.5. The van der Waals surface area contributed by atoms with Crippen molar-refractivity contribution in [3.05, 3.63) is 16.5 Å². The van der Waals surface area contributed by atoms with Crippen molar-refractivity contribution in [3.8, 4) is 0 Å². The first kappa shape index (κ1) is 15.5. The number of carboxylic acids is 1. The van der Waals surface area contributed by atoms with Gasteiger partial charge in [-0.25, -0.2) is 17.9 Å². The third-order valence-corrected chi connectivity index (χ3v) is 5.70. The Kier molecular flexibility index (Phi) is 4.52. The molecule has 0 aliphatic heterocycles. The maximum atomic E-state index is 12.2. The number of aliphatic hydroxyl groups excluding tert-OH is 1. The number of furan rings is 1. The molecule has 1 fully saturated rings. The molecule has 0 amide bonds. The molecule has 9 heteroatoms. The van der Waals surface area contributed by atoms with E-state index in [0.717, 1.165) is 18.9 Å². The first-order valence-corrected chi connectivity index (χ1v) is 8.28. The molecule has 7 nitrogen and oxygen atoms in total. The molecule has 1 aliphatic rings. The third-order valence-electron chi connectivity index (χ3n) is 3.36. The molecular weight excluding hydrogens is 354 g/mol. The molecule has 2 atom stereocenters. The zero-order chi connectivity index (χ0) is 14.9. The Balaban J connectivity index is 2.24. The molecule has 0 bridgehead atoms. The van der Waals surface area contributed by atoms with Crippen LogP contribution < -0.4 is 4.72 Å². The fourth-order valence-electron chi connectivity index (χ4n) is 2.31. The lowest BCUT2D eigenvalue weighted by atomic mass is 10.1. The van der Waals surface area contributed by atoms with Crippen molar-refractivity contribution < 1.29 is 27.8 Å². The quantitative estimate of drug-likeness (QED) is 0.719. The van der Waals surface area contributed by atoms with Gasteiger partial charge in [-0.05, 0) is 34.7 Å². The van der Waals surface area contributed by atoms with Crippen molar-refractivity contribution in [2.75, 3.05) is 6.61 Å². The Hall–Kier alpha value is -0.900. The number of carbonyl (C=O) groups is 1. The summed E-state index contributed by atoms with van der Waals surface area (Å²) in [5.41, 5.74) is 0. The van der Waals surface area contributed by atoms with Gasteiger partial charge in [-0.1, -0.05) is 6.42 Å². The highest BCUT2D eigenvalue weighted by atomic mass is 79.9. The molecule has 0 radical (unpaired) electrons. The smallest absolute Gasteiger partial charge is 0.371 e. The van der Waals surface area contributed by atoms with E-state index >= 15 is 0 Å². The van der Waals surface area contributed by atoms with Crippen LogP contribution in [0.3, 0.4) is 0 Å². The minimum absolute atomic E-state index is 0.0832. The van der Waals surface area contributed by atoms with Gasteiger partial charge in [-0.15, -0.1) is 0 Å². The van der Waals surface area contributed by atoms with Crippen molar-refractivity contribution in [1.82, 2.24) is 4.72 Å². The van der Waals surface area contributed by atoms with E-state index in [1.54, 1.807) is 0 Å². The van der Waals surface area contributed by atoms with Crippen molar-refractivity contribution in [3.63, 3.8) is 0 Å². The lowest BCUT2D eigenvalue weighted by molar-refractivity contribution is 0.0661. The summed E-state index contributed by atoms with van der Waals surface area (Å²) in [5, 5.41) is 18.0. The summed E-state index contributed by atoms with van der Waals surface area (Å²) in [6.07, 6.45) is 2.24. The number of nitrogens with one attached hydrogen (secondary N) is 1. The second-order valence-electron chi connectivity index (χ2n) is 4.66. The summed E-state index contributed by atoms with van der Waals surface area (Å²) < 4.78 is 31.6. The Morgan fingerprint density at radius 2 is 2.20 bits per heavy atom. The van der Waals surface area contributed by atoms with Gasteiger partial charge in [0.2, 0.25) is 15.8 Å². The monoisotopic (exact) mass is 367 g/mol. The van der Waals surface area contributed by atoms with Crippen LogP contribution in [0.2, 0.25) is 0 Å². The number of sulfonamides is 1. The van der Waals surface area contributed by atoms with Crippen LogP contribution in [-0.2, 0) is 10.0 Å². The van der Waals surface area contributed by atoms with Crippen LogP contribution >= 0.6 is 15.9 Å². The molecule has 1 heterocycles. The van der Waals surface area contributed by atoms with Crippen molar-refractivity contribution in [2.24, 2.45) is 5.92 Å². The maximum absolute atomic E-state index is 12.2. The van der Waals surface area contributed by atoms with Crippen LogP contribution in [0.5, 0.6) is 0 Å². The highest BCUT2D eigenvalue weighted by Gasteiger charge is 2.33. The Morgan fingerprint density at radius 1 is 1.50 bits per heavy atom. The highest BCUT2D eigenvalue weighted by molar-refractivity contribution is 9.10. The van der Waals surface area contributed by atoms with Crippen LogP contribution in [-0.4, -0.2) is 37.2 Å². The molecule has 1 aliphatic carbocycles.